The lowest BCUT2D eigenvalue weighted by molar-refractivity contribution is 0.122. The number of nitrogens with one attached hydrogen (secondary N) is 1. The summed E-state index contributed by atoms with van der Waals surface area (Å²) >= 11 is 0. The molecule has 2 aromatic heterocycles. The fourth-order valence-corrected chi connectivity index (χ4v) is 2.91. The van der Waals surface area contributed by atoms with Crippen molar-refractivity contribution in [1.29, 1.82) is 0 Å². The predicted molar refractivity (Wildman–Crippen MR) is 102 cm³/mol. The summed E-state index contributed by atoms with van der Waals surface area (Å²) in [5.41, 5.74) is 3.14. The number of ether oxygens (including phenoxy) is 1. The van der Waals surface area contributed by atoms with Crippen LogP contribution in [0.15, 0.2) is 60.9 Å². The molecular weight excluding hydrogens is 326 g/mol. The van der Waals surface area contributed by atoms with Crippen LogP contribution in [0.3, 0.4) is 0 Å². The summed E-state index contributed by atoms with van der Waals surface area (Å²) in [6.45, 7) is 3.79. The number of nitrogens with zero attached hydrogens (tertiary/aromatic N) is 4. The van der Waals surface area contributed by atoms with Crippen LogP contribution in [0.5, 0.6) is 0 Å². The average molecular weight is 347 g/mol. The fourth-order valence-electron chi connectivity index (χ4n) is 2.91. The molecule has 132 valence electrons. The molecule has 1 fully saturated rings. The van der Waals surface area contributed by atoms with Gasteiger partial charge in [0.2, 0.25) is 5.95 Å². The Bertz CT molecular complexity index is 835. The highest BCUT2D eigenvalue weighted by Crippen LogP contribution is 2.24. The molecule has 0 amide bonds. The maximum absolute atomic E-state index is 5.47. The van der Waals surface area contributed by atoms with Crippen LogP contribution in [-0.4, -0.2) is 41.3 Å². The monoisotopic (exact) mass is 347 g/mol. The van der Waals surface area contributed by atoms with E-state index >= 15 is 0 Å². The van der Waals surface area contributed by atoms with Crippen LogP contribution in [0.25, 0.3) is 11.3 Å². The minimum atomic E-state index is 0.629. The summed E-state index contributed by atoms with van der Waals surface area (Å²) in [6, 6.07) is 16.2. The third kappa shape index (κ3) is 3.97. The highest BCUT2D eigenvalue weighted by Gasteiger charge is 2.15. The van der Waals surface area contributed by atoms with Crippen molar-refractivity contribution in [3.8, 4) is 11.3 Å². The minimum Gasteiger partial charge on any atom is -0.378 e. The summed E-state index contributed by atoms with van der Waals surface area (Å²) in [5, 5.41) is 3.34. The Kier molecular flexibility index (Phi) is 5.02. The second-order valence-electron chi connectivity index (χ2n) is 6.11. The highest BCUT2D eigenvalue weighted by atomic mass is 16.5. The van der Waals surface area contributed by atoms with Crippen LogP contribution in [0.1, 0.15) is 5.56 Å². The quantitative estimate of drug-likeness (QED) is 0.765. The lowest BCUT2D eigenvalue weighted by Gasteiger charge is -2.28. The first-order valence-electron chi connectivity index (χ1n) is 8.78. The second-order valence-corrected chi connectivity index (χ2v) is 6.11. The van der Waals surface area contributed by atoms with E-state index in [-0.39, 0.29) is 0 Å². The molecule has 6 heteroatoms. The number of hydrogen-bond acceptors (Lipinski definition) is 6. The molecule has 3 heterocycles. The van der Waals surface area contributed by atoms with Gasteiger partial charge in [-0.15, -0.1) is 0 Å². The van der Waals surface area contributed by atoms with Gasteiger partial charge in [-0.05, 0) is 17.7 Å². The maximum atomic E-state index is 5.47. The van der Waals surface area contributed by atoms with Gasteiger partial charge in [0.1, 0.15) is 5.82 Å². The highest BCUT2D eigenvalue weighted by molar-refractivity contribution is 5.64. The van der Waals surface area contributed by atoms with Crippen molar-refractivity contribution in [3.05, 3.63) is 66.5 Å². The van der Waals surface area contributed by atoms with Crippen LogP contribution >= 0.6 is 0 Å². The number of hydrogen-bond donors (Lipinski definition) is 1. The minimum absolute atomic E-state index is 0.629. The molecule has 3 aromatic rings. The molecule has 1 aromatic carbocycles. The fraction of sp³-hybridized carbons (Fsp3) is 0.250. The maximum Gasteiger partial charge on any atom is 0.225 e. The third-order valence-corrected chi connectivity index (χ3v) is 4.32. The Morgan fingerprint density at radius 2 is 1.73 bits per heavy atom. The van der Waals surface area contributed by atoms with E-state index in [1.807, 2.05) is 30.3 Å². The van der Waals surface area contributed by atoms with Crippen LogP contribution in [-0.2, 0) is 11.3 Å². The number of anilines is 2. The first kappa shape index (κ1) is 16.5. The number of pyridine rings is 1. The van der Waals surface area contributed by atoms with Gasteiger partial charge in [-0.3, -0.25) is 4.98 Å². The van der Waals surface area contributed by atoms with Crippen molar-refractivity contribution >= 4 is 11.8 Å². The molecule has 0 unspecified atom stereocenters. The van der Waals surface area contributed by atoms with Crippen LogP contribution in [0, 0.1) is 0 Å². The normalized spacial score (nSPS) is 14.2. The number of rotatable bonds is 5. The van der Waals surface area contributed by atoms with Crippen LogP contribution < -0.4 is 10.2 Å². The van der Waals surface area contributed by atoms with Gasteiger partial charge < -0.3 is 15.0 Å². The van der Waals surface area contributed by atoms with Gasteiger partial charge in [-0.1, -0.05) is 30.3 Å². The van der Waals surface area contributed by atoms with E-state index in [0.717, 1.165) is 48.9 Å². The van der Waals surface area contributed by atoms with Crippen molar-refractivity contribution in [2.75, 3.05) is 36.5 Å². The average Bonchev–Trinajstić information content (AvgIpc) is 2.74. The summed E-state index contributed by atoms with van der Waals surface area (Å²) in [7, 11) is 0. The Labute approximate surface area is 152 Å². The van der Waals surface area contributed by atoms with Crippen LogP contribution in [0.4, 0.5) is 11.8 Å². The van der Waals surface area contributed by atoms with Gasteiger partial charge >= 0.3 is 0 Å². The molecule has 1 N–H and O–H groups in total. The zero-order valence-electron chi connectivity index (χ0n) is 14.5. The topological polar surface area (TPSA) is 63.2 Å². The molecule has 0 saturated carbocycles. The van der Waals surface area contributed by atoms with Crippen LogP contribution in [0.2, 0.25) is 0 Å². The van der Waals surface area contributed by atoms with E-state index in [9.17, 15) is 0 Å². The Morgan fingerprint density at radius 3 is 2.50 bits per heavy atom. The first-order chi connectivity index (χ1) is 12.9. The Morgan fingerprint density at radius 1 is 0.962 bits per heavy atom. The molecule has 1 saturated heterocycles. The van der Waals surface area contributed by atoms with Crippen molar-refractivity contribution < 1.29 is 4.74 Å². The molecule has 0 radical (unpaired) electrons. The molecule has 0 bridgehead atoms. The molecule has 0 atom stereocenters. The van der Waals surface area contributed by atoms with E-state index < -0.39 is 0 Å². The summed E-state index contributed by atoms with van der Waals surface area (Å²) < 4.78 is 5.47. The molecular formula is C20H21N5O. The van der Waals surface area contributed by atoms with E-state index in [1.165, 1.54) is 0 Å². The van der Waals surface area contributed by atoms with Gasteiger partial charge in [0.25, 0.3) is 0 Å². The van der Waals surface area contributed by atoms with E-state index in [4.69, 9.17) is 14.7 Å². The van der Waals surface area contributed by atoms with Gasteiger partial charge in [-0.2, -0.15) is 4.98 Å². The summed E-state index contributed by atoms with van der Waals surface area (Å²) in [5.74, 6) is 1.56. The standard InChI is InChI=1S/C20H21N5O/c1-2-4-17(5-3-1)18-14-19(25-10-12-26-13-11-25)24-20(23-18)22-15-16-6-8-21-9-7-16/h1-9,14H,10-13,15H2,(H,22,23,24). The number of morpholine rings is 1. The van der Waals surface area contributed by atoms with Gasteiger partial charge in [0.15, 0.2) is 0 Å². The van der Waals surface area contributed by atoms with Crippen molar-refractivity contribution in [2.45, 2.75) is 6.54 Å². The van der Waals surface area contributed by atoms with Crippen molar-refractivity contribution in [3.63, 3.8) is 0 Å². The number of benzene rings is 1. The second kappa shape index (κ2) is 7.93. The van der Waals surface area contributed by atoms with E-state index in [1.54, 1.807) is 12.4 Å². The van der Waals surface area contributed by atoms with Gasteiger partial charge in [-0.25, -0.2) is 4.98 Å². The Hall–Kier alpha value is -2.99. The van der Waals surface area contributed by atoms with E-state index in [0.29, 0.717) is 12.5 Å². The molecule has 0 aliphatic carbocycles. The van der Waals surface area contributed by atoms with Gasteiger partial charge in [0.05, 0.1) is 18.9 Å². The first-order valence-corrected chi connectivity index (χ1v) is 8.78. The predicted octanol–water partition coefficient (Wildman–Crippen LogP) is 2.99. The largest absolute Gasteiger partial charge is 0.378 e. The lowest BCUT2D eigenvalue weighted by Crippen LogP contribution is -2.36. The molecule has 1 aliphatic rings. The van der Waals surface area contributed by atoms with Crippen molar-refractivity contribution in [2.24, 2.45) is 0 Å². The van der Waals surface area contributed by atoms with Gasteiger partial charge in [0, 0.05) is 43.7 Å². The SMILES string of the molecule is c1ccc(-c2cc(N3CCOCC3)nc(NCc3ccncc3)n2)cc1. The molecule has 4 rings (SSSR count). The number of aromatic nitrogens is 3. The Balaban J connectivity index is 1.63. The zero-order valence-corrected chi connectivity index (χ0v) is 14.5. The molecule has 0 spiro atoms. The van der Waals surface area contributed by atoms with E-state index in [2.05, 4.69) is 33.4 Å². The molecule has 26 heavy (non-hydrogen) atoms. The third-order valence-electron chi connectivity index (χ3n) is 4.32. The molecule has 6 nitrogen and oxygen atoms in total. The summed E-state index contributed by atoms with van der Waals surface area (Å²) in [4.78, 5) is 15.7. The lowest BCUT2D eigenvalue weighted by atomic mass is 10.1. The van der Waals surface area contributed by atoms with Crippen molar-refractivity contribution in [1.82, 2.24) is 15.0 Å². The smallest absolute Gasteiger partial charge is 0.225 e. The zero-order chi connectivity index (χ0) is 17.6. The molecule has 1 aliphatic heterocycles. The summed E-state index contributed by atoms with van der Waals surface area (Å²) in [6.07, 6.45) is 3.58.